The lowest BCUT2D eigenvalue weighted by atomic mass is 9.95. The van der Waals surface area contributed by atoms with Crippen LogP contribution in [-0.4, -0.2) is 28.9 Å². The summed E-state index contributed by atoms with van der Waals surface area (Å²) in [5.74, 6) is -1.12. The van der Waals surface area contributed by atoms with E-state index in [1.54, 1.807) is 11.8 Å². The molecule has 0 rings (SSSR count). The van der Waals surface area contributed by atoms with Crippen molar-refractivity contribution in [2.24, 2.45) is 5.92 Å². The molecule has 1 unspecified atom stereocenters. The number of unbranched alkanes of at least 4 members (excludes halogenated alkanes) is 3. The predicted molar refractivity (Wildman–Crippen MR) is 67.9 cm³/mol. The highest BCUT2D eigenvalue weighted by atomic mass is 32.2. The van der Waals surface area contributed by atoms with E-state index in [0.717, 1.165) is 31.4 Å². The van der Waals surface area contributed by atoms with Crippen molar-refractivity contribution in [3.63, 3.8) is 0 Å². The number of thioether (sulfide) groups is 1. The van der Waals surface area contributed by atoms with Gasteiger partial charge in [0.05, 0.1) is 0 Å². The van der Waals surface area contributed by atoms with Crippen LogP contribution in [0.3, 0.4) is 0 Å². The van der Waals surface area contributed by atoms with E-state index in [4.69, 9.17) is 5.11 Å². The second-order valence-corrected chi connectivity index (χ2v) is 4.93. The minimum atomic E-state index is -0.956. The van der Waals surface area contributed by atoms with E-state index in [1.165, 1.54) is 0 Å². The molecule has 0 aliphatic rings. The highest BCUT2D eigenvalue weighted by Crippen LogP contribution is 2.15. The van der Waals surface area contributed by atoms with Gasteiger partial charge in [0.25, 0.3) is 0 Å². The number of hydrogen-bond acceptors (Lipinski definition) is 3. The summed E-state index contributed by atoms with van der Waals surface area (Å²) in [6, 6.07) is 0. The normalized spacial score (nSPS) is 12.4. The van der Waals surface area contributed by atoms with Crippen molar-refractivity contribution in [2.75, 3.05) is 12.0 Å². The quantitative estimate of drug-likeness (QED) is 0.475. The van der Waals surface area contributed by atoms with Crippen LogP contribution in [0.5, 0.6) is 0 Å². The number of hydrogen-bond donors (Lipinski definition) is 1. The number of aliphatic carboxylic acids is 1. The lowest BCUT2D eigenvalue weighted by Gasteiger charge is -2.10. The molecule has 0 aromatic heterocycles. The van der Waals surface area contributed by atoms with Crippen molar-refractivity contribution < 1.29 is 14.7 Å². The molecule has 0 bridgehead atoms. The summed E-state index contributed by atoms with van der Waals surface area (Å²) >= 11 is 1.58. The maximum atomic E-state index is 11.6. The van der Waals surface area contributed by atoms with Gasteiger partial charge in [-0.25, -0.2) is 0 Å². The molecule has 0 fully saturated rings. The molecule has 0 aliphatic heterocycles. The largest absolute Gasteiger partial charge is 0.481 e. The summed E-state index contributed by atoms with van der Waals surface area (Å²) in [6.07, 6.45) is 6.91. The fourth-order valence-corrected chi connectivity index (χ4v) is 1.98. The van der Waals surface area contributed by atoms with Crippen molar-refractivity contribution >= 4 is 23.5 Å². The Kier molecular flexibility index (Phi) is 9.39. The smallest absolute Gasteiger partial charge is 0.314 e. The highest BCUT2D eigenvalue weighted by molar-refractivity contribution is 7.98. The average Bonchev–Trinajstić information content (AvgIpc) is 2.25. The van der Waals surface area contributed by atoms with Crippen molar-refractivity contribution in [1.29, 1.82) is 0 Å². The zero-order valence-corrected chi connectivity index (χ0v) is 11.0. The van der Waals surface area contributed by atoms with E-state index in [-0.39, 0.29) is 5.78 Å². The molecule has 0 radical (unpaired) electrons. The van der Waals surface area contributed by atoms with Crippen molar-refractivity contribution in [3.05, 3.63) is 0 Å². The summed E-state index contributed by atoms with van der Waals surface area (Å²) in [6.45, 7) is 2.11. The van der Waals surface area contributed by atoms with E-state index in [2.05, 4.69) is 6.92 Å². The van der Waals surface area contributed by atoms with Gasteiger partial charge in [-0.3, -0.25) is 9.59 Å². The second-order valence-electron chi connectivity index (χ2n) is 3.95. The number of Topliss-reactive ketones (excluding diaryl/α,β-unsaturated/α-hetero) is 1. The molecule has 0 saturated carbocycles. The van der Waals surface area contributed by atoms with Crippen molar-refractivity contribution in [3.8, 4) is 0 Å². The lowest BCUT2D eigenvalue weighted by Crippen LogP contribution is -2.24. The fraction of sp³-hybridized carbons (Fsp3) is 0.833. The van der Waals surface area contributed by atoms with Crippen LogP contribution in [0.2, 0.25) is 0 Å². The zero-order chi connectivity index (χ0) is 12.4. The minimum absolute atomic E-state index is 0.113. The molecule has 3 nitrogen and oxygen atoms in total. The molecule has 0 aromatic rings. The summed E-state index contributed by atoms with van der Waals surface area (Å²) < 4.78 is 0. The number of carbonyl (C=O) groups is 2. The first-order valence-corrected chi connectivity index (χ1v) is 7.27. The Balaban J connectivity index is 3.96. The minimum Gasteiger partial charge on any atom is -0.481 e. The van der Waals surface area contributed by atoms with Crippen LogP contribution < -0.4 is 0 Å². The Labute approximate surface area is 102 Å². The molecule has 94 valence electrons. The molecule has 1 atom stereocenters. The van der Waals surface area contributed by atoms with Gasteiger partial charge in [-0.2, -0.15) is 11.8 Å². The third-order valence-electron chi connectivity index (χ3n) is 2.59. The molecule has 4 heteroatoms. The van der Waals surface area contributed by atoms with Gasteiger partial charge in [-0.05, 0) is 18.4 Å². The first-order valence-electron chi connectivity index (χ1n) is 5.88. The number of carbonyl (C=O) groups excluding carboxylic acids is 1. The number of carboxylic acid groups (broad SMARTS) is 1. The lowest BCUT2D eigenvalue weighted by molar-refractivity contribution is -0.146. The first kappa shape index (κ1) is 15.5. The summed E-state index contributed by atoms with van der Waals surface area (Å²) in [7, 11) is 0. The summed E-state index contributed by atoms with van der Waals surface area (Å²) in [5.41, 5.74) is 0. The van der Waals surface area contributed by atoms with Crippen LogP contribution in [0, 0.1) is 5.92 Å². The maximum Gasteiger partial charge on any atom is 0.314 e. The van der Waals surface area contributed by atoms with E-state index in [9.17, 15) is 9.59 Å². The molecular weight excluding hydrogens is 224 g/mol. The Morgan fingerprint density at radius 3 is 2.44 bits per heavy atom. The molecule has 0 aromatic carbocycles. The van der Waals surface area contributed by atoms with E-state index in [0.29, 0.717) is 12.8 Å². The molecular formula is C12H22O3S. The van der Waals surface area contributed by atoms with Gasteiger partial charge in [0.2, 0.25) is 0 Å². The van der Waals surface area contributed by atoms with Crippen LogP contribution >= 0.6 is 11.8 Å². The SMILES string of the molecule is CCCCCCC(C(=O)O)C(=O)CCSC. The van der Waals surface area contributed by atoms with E-state index >= 15 is 0 Å². The number of rotatable bonds is 10. The fourth-order valence-electron chi connectivity index (χ4n) is 1.57. The van der Waals surface area contributed by atoms with Crippen LogP contribution in [0.4, 0.5) is 0 Å². The van der Waals surface area contributed by atoms with Crippen molar-refractivity contribution in [2.45, 2.75) is 45.4 Å². The topological polar surface area (TPSA) is 54.4 Å². The Morgan fingerprint density at radius 1 is 1.25 bits per heavy atom. The molecule has 1 N–H and O–H groups in total. The molecule has 0 aliphatic carbocycles. The summed E-state index contributed by atoms with van der Waals surface area (Å²) in [5, 5.41) is 8.97. The van der Waals surface area contributed by atoms with Gasteiger partial charge in [0, 0.05) is 6.42 Å². The van der Waals surface area contributed by atoms with Gasteiger partial charge < -0.3 is 5.11 Å². The second kappa shape index (κ2) is 9.70. The standard InChI is InChI=1S/C12H22O3S/c1-3-4-5-6-7-10(12(14)15)11(13)8-9-16-2/h10H,3-9H2,1-2H3,(H,14,15). The molecule has 16 heavy (non-hydrogen) atoms. The zero-order valence-electron chi connectivity index (χ0n) is 10.2. The van der Waals surface area contributed by atoms with E-state index < -0.39 is 11.9 Å². The van der Waals surface area contributed by atoms with Gasteiger partial charge in [-0.1, -0.05) is 32.6 Å². The van der Waals surface area contributed by atoms with Gasteiger partial charge >= 0.3 is 5.97 Å². The molecule has 0 heterocycles. The third-order valence-corrected chi connectivity index (χ3v) is 3.20. The van der Waals surface area contributed by atoms with Gasteiger partial charge in [0.15, 0.2) is 0 Å². The Bertz CT molecular complexity index is 216. The van der Waals surface area contributed by atoms with Crippen LogP contribution in [0.25, 0.3) is 0 Å². The molecule has 0 spiro atoms. The predicted octanol–water partition coefficient (Wildman–Crippen LogP) is 2.98. The van der Waals surface area contributed by atoms with Gasteiger partial charge in [-0.15, -0.1) is 0 Å². The maximum absolute atomic E-state index is 11.6. The van der Waals surface area contributed by atoms with Crippen molar-refractivity contribution in [1.82, 2.24) is 0 Å². The Morgan fingerprint density at radius 2 is 1.94 bits per heavy atom. The number of carboxylic acids is 1. The van der Waals surface area contributed by atoms with Gasteiger partial charge in [0.1, 0.15) is 11.7 Å². The number of ketones is 1. The summed E-state index contributed by atoms with van der Waals surface area (Å²) in [4.78, 5) is 22.6. The highest BCUT2D eigenvalue weighted by Gasteiger charge is 2.24. The average molecular weight is 246 g/mol. The third kappa shape index (κ3) is 6.88. The van der Waals surface area contributed by atoms with E-state index in [1.807, 2.05) is 6.26 Å². The molecule has 0 amide bonds. The molecule has 0 saturated heterocycles. The monoisotopic (exact) mass is 246 g/mol. The van der Waals surface area contributed by atoms with Crippen LogP contribution in [0.1, 0.15) is 45.4 Å². The Hall–Kier alpha value is -0.510. The first-order chi connectivity index (χ1) is 7.63. The van der Waals surface area contributed by atoms with Crippen LogP contribution in [0.15, 0.2) is 0 Å². The van der Waals surface area contributed by atoms with Crippen LogP contribution in [-0.2, 0) is 9.59 Å².